The highest BCUT2D eigenvalue weighted by molar-refractivity contribution is 5.77. The fraction of sp³-hybridized carbons (Fsp3) is 0.750. The molecule has 0 aliphatic heterocycles. The van der Waals surface area contributed by atoms with E-state index in [2.05, 4.69) is 4.99 Å². The molecule has 0 aromatic carbocycles. The fourth-order valence-corrected chi connectivity index (χ4v) is 0.809. The van der Waals surface area contributed by atoms with Crippen molar-refractivity contribution in [3.8, 4) is 0 Å². The molecule has 0 aromatic heterocycles. The molecular formula is C8H17N3O. The Hall–Kier alpha value is -1.06. The van der Waals surface area contributed by atoms with E-state index < -0.39 is 0 Å². The highest BCUT2D eigenvalue weighted by Crippen LogP contribution is 2.05. The lowest BCUT2D eigenvalue weighted by atomic mass is 10.0. The largest absolute Gasteiger partial charge is 0.370 e. The molecule has 4 N–H and O–H groups in total. The summed E-state index contributed by atoms with van der Waals surface area (Å²) in [6.45, 7) is 4.13. The van der Waals surface area contributed by atoms with Crippen LogP contribution in [-0.4, -0.2) is 18.3 Å². The normalized spacial score (nSPS) is 12.2. The summed E-state index contributed by atoms with van der Waals surface area (Å²) < 4.78 is 0. The number of guanidine groups is 1. The number of hydrogen-bond donors (Lipinski definition) is 2. The van der Waals surface area contributed by atoms with Crippen LogP contribution in [0.2, 0.25) is 0 Å². The van der Waals surface area contributed by atoms with E-state index in [1.54, 1.807) is 6.92 Å². The highest BCUT2D eigenvalue weighted by atomic mass is 16.1. The molecule has 12 heavy (non-hydrogen) atoms. The van der Waals surface area contributed by atoms with E-state index in [1.165, 1.54) is 0 Å². The van der Waals surface area contributed by atoms with Gasteiger partial charge in [-0.3, -0.25) is 9.79 Å². The van der Waals surface area contributed by atoms with Crippen molar-refractivity contribution in [1.82, 2.24) is 0 Å². The van der Waals surface area contributed by atoms with Gasteiger partial charge in [0.25, 0.3) is 0 Å². The monoisotopic (exact) mass is 171 g/mol. The molecule has 0 saturated carbocycles. The van der Waals surface area contributed by atoms with E-state index in [9.17, 15) is 4.79 Å². The van der Waals surface area contributed by atoms with Gasteiger partial charge >= 0.3 is 0 Å². The quantitative estimate of drug-likeness (QED) is 0.354. The van der Waals surface area contributed by atoms with Gasteiger partial charge in [-0.05, 0) is 19.8 Å². The minimum Gasteiger partial charge on any atom is -0.370 e. The maximum absolute atomic E-state index is 10.8. The number of nitrogens with zero attached hydrogens (tertiary/aromatic N) is 1. The van der Waals surface area contributed by atoms with Crippen LogP contribution in [0.15, 0.2) is 4.99 Å². The van der Waals surface area contributed by atoms with Crippen molar-refractivity contribution < 1.29 is 4.79 Å². The summed E-state index contributed by atoms with van der Waals surface area (Å²) in [5.41, 5.74) is 10.3. The molecule has 1 atom stereocenters. The summed E-state index contributed by atoms with van der Waals surface area (Å²) in [7, 11) is 0. The van der Waals surface area contributed by atoms with Crippen molar-refractivity contribution in [1.29, 1.82) is 0 Å². The molecule has 0 aromatic rings. The first-order valence-electron chi connectivity index (χ1n) is 4.10. The molecule has 70 valence electrons. The average molecular weight is 171 g/mol. The third kappa shape index (κ3) is 5.70. The van der Waals surface area contributed by atoms with Crippen molar-refractivity contribution in [2.24, 2.45) is 22.4 Å². The van der Waals surface area contributed by atoms with Crippen LogP contribution < -0.4 is 11.5 Å². The number of carbonyl (C=O) groups excluding carboxylic acids is 1. The van der Waals surface area contributed by atoms with Gasteiger partial charge in [0.05, 0.1) is 0 Å². The summed E-state index contributed by atoms with van der Waals surface area (Å²) in [6.07, 6.45) is 1.71. The van der Waals surface area contributed by atoms with E-state index in [4.69, 9.17) is 11.5 Å². The van der Waals surface area contributed by atoms with Crippen molar-refractivity contribution >= 4 is 11.7 Å². The molecule has 0 heterocycles. The molecule has 4 heteroatoms. The molecule has 4 nitrogen and oxygen atoms in total. The van der Waals surface area contributed by atoms with Crippen LogP contribution in [-0.2, 0) is 4.79 Å². The van der Waals surface area contributed by atoms with E-state index in [1.807, 2.05) is 6.92 Å². The Morgan fingerprint density at radius 2 is 2.08 bits per heavy atom. The Labute approximate surface area is 73.0 Å². The molecule has 0 radical (unpaired) electrons. The lowest BCUT2D eigenvalue weighted by Gasteiger charge is -2.04. The van der Waals surface area contributed by atoms with Crippen LogP contribution in [0.3, 0.4) is 0 Å². The van der Waals surface area contributed by atoms with Crippen LogP contribution in [0.4, 0.5) is 0 Å². The van der Waals surface area contributed by atoms with Gasteiger partial charge in [0.1, 0.15) is 5.78 Å². The third-order valence-electron chi connectivity index (χ3n) is 1.78. The SMILES string of the molecule is CC(=O)[C@H](C)CCCN=C(N)N. The summed E-state index contributed by atoms with van der Waals surface area (Å²) in [4.78, 5) is 14.6. The minimum atomic E-state index is 0.116. The summed E-state index contributed by atoms with van der Waals surface area (Å²) in [5, 5.41) is 0. The van der Waals surface area contributed by atoms with Crippen LogP contribution in [0.25, 0.3) is 0 Å². The highest BCUT2D eigenvalue weighted by Gasteiger charge is 2.05. The van der Waals surface area contributed by atoms with Crippen LogP contribution in [0.1, 0.15) is 26.7 Å². The number of hydrogen-bond acceptors (Lipinski definition) is 2. The molecule has 0 rings (SSSR count). The van der Waals surface area contributed by atoms with Gasteiger partial charge in [0.2, 0.25) is 0 Å². The average Bonchev–Trinajstić information content (AvgIpc) is 1.97. The topological polar surface area (TPSA) is 81.5 Å². The molecule has 0 fully saturated rings. The first-order chi connectivity index (χ1) is 5.54. The zero-order valence-corrected chi connectivity index (χ0v) is 7.71. The second-order valence-electron chi connectivity index (χ2n) is 2.96. The van der Waals surface area contributed by atoms with Gasteiger partial charge in [-0.25, -0.2) is 0 Å². The molecule has 0 bridgehead atoms. The van der Waals surface area contributed by atoms with Crippen molar-refractivity contribution in [2.75, 3.05) is 6.54 Å². The zero-order chi connectivity index (χ0) is 9.56. The first-order valence-corrected chi connectivity index (χ1v) is 4.10. The molecule has 0 spiro atoms. The predicted molar refractivity (Wildman–Crippen MR) is 49.8 cm³/mol. The van der Waals surface area contributed by atoms with E-state index >= 15 is 0 Å². The van der Waals surface area contributed by atoms with Crippen LogP contribution in [0.5, 0.6) is 0 Å². The second kappa shape index (κ2) is 5.57. The zero-order valence-electron chi connectivity index (χ0n) is 7.71. The lowest BCUT2D eigenvalue weighted by Crippen LogP contribution is -2.23. The summed E-state index contributed by atoms with van der Waals surface area (Å²) in [5.74, 6) is 0.462. The van der Waals surface area contributed by atoms with E-state index in [-0.39, 0.29) is 17.7 Å². The maximum Gasteiger partial charge on any atom is 0.185 e. The van der Waals surface area contributed by atoms with Gasteiger partial charge in [-0.2, -0.15) is 0 Å². The predicted octanol–water partition coefficient (Wildman–Crippen LogP) is 0.265. The second-order valence-corrected chi connectivity index (χ2v) is 2.96. The Morgan fingerprint density at radius 3 is 2.50 bits per heavy atom. The Kier molecular flexibility index (Phi) is 5.08. The fourth-order valence-electron chi connectivity index (χ4n) is 0.809. The van der Waals surface area contributed by atoms with Gasteiger partial charge in [0, 0.05) is 12.5 Å². The van der Waals surface area contributed by atoms with Gasteiger partial charge in [-0.1, -0.05) is 6.92 Å². The standard InChI is InChI=1S/C8H17N3O/c1-6(7(2)12)4-3-5-11-8(9)10/h6H,3-5H2,1-2H3,(H4,9,10,11)/t6-/m1/s1. The molecule has 0 unspecified atom stereocenters. The van der Waals surface area contributed by atoms with Crippen molar-refractivity contribution in [3.63, 3.8) is 0 Å². The number of rotatable bonds is 5. The Bertz CT molecular complexity index is 173. The Morgan fingerprint density at radius 1 is 1.50 bits per heavy atom. The van der Waals surface area contributed by atoms with Crippen molar-refractivity contribution in [3.05, 3.63) is 0 Å². The molecule has 0 aliphatic rings. The molecular weight excluding hydrogens is 154 g/mol. The van der Waals surface area contributed by atoms with Crippen molar-refractivity contribution in [2.45, 2.75) is 26.7 Å². The number of Topliss-reactive ketones (excluding diaryl/α,β-unsaturated/α-hetero) is 1. The first kappa shape index (κ1) is 10.9. The Balaban J connectivity index is 3.44. The van der Waals surface area contributed by atoms with E-state index in [0.29, 0.717) is 6.54 Å². The maximum atomic E-state index is 10.8. The van der Waals surface area contributed by atoms with Gasteiger partial charge < -0.3 is 11.5 Å². The number of aliphatic imine (C=N–C) groups is 1. The molecule has 0 aliphatic carbocycles. The lowest BCUT2D eigenvalue weighted by molar-refractivity contribution is -0.120. The van der Waals surface area contributed by atoms with Gasteiger partial charge in [-0.15, -0.1) is 0 Å². The summed E-state index contributed by atoms with van der Waals surface area (Å²) in [6, 6.07) is 0. The number of nitrogens with two attached hydrogens (primary N) is 2. The summed E-state index contributed by atoms with van der Waals surface area (Å²) >= 11 is 0. The number of ketones is 1. The number of carbonyl (C=O) groups is 1. The minimum absolute atomic E-state index is 0.116. The third-order valence-corrected chi connectivity index (χ3v) is 1.78. The van der Waals surface area contributed by atoms with Crippen LogP contribution in [0, 0.1) is 5.92 Å². The van der Waals surface area contributed by atoms with Crippen LogP contribution >= 0.6 is 0 Å². The smallest absolute Gasteiger partial charge is 0.185 e. The molecule has 0 amide bonds. The van der Waals surface area contributed by atoms with Gasteiger partial charge in [0.15, 0.2) is 5.96 Å². The van der Waals surface area contributed by atoms with E-state index in [0.717, 1.165) is 12.8 Å². The molecule has 0 saturated heterocycles.